The highest BCUT2D eigenvalue weighted by Gasteiger charge is 2.13. The number of nitrogens with one attached hydrogen (secondary N) is 1. The number of hydrogen-bond acceptors (Lipinski definition) is 1. The molecule has 5 heteroatoms. The second kappa shape index (κ2) is 3.23. The van der Waals surface area contributed by atoms with Gasteiger partial charge in [0.15, 0.2) is 5.96 Å². The van der Waals surface area contributed by atoms with Gasteiger partial charge in [-0.1, -0.05) is 0 Å². The second-order valence-corrected chi connectivity index (χ2v) is 2.55. The molecule has 5 N–H and O–H groups in total. The van der Waals surface area contributed by atoms with Crippen LogP contribution >= 0.6 is 0 Å². The average molecular weight is 155 g/mol. The normalized spacial score (nSPS) is 18.9. The van der Waals surface area contributed by atoms with Crippen molar-refractivity contribution < 1.29 is 0 Å². The van der Waals surface area contributed by atoms with Crippen molar-refractivity contribution >= 4 is 11.9 Å². The van der Waals surface area contributed by atoms with Gasteiger partial charge in [0, 0.05) is 13.1 Å². The molecule has 0 saturated carbocycles. The first-order chi connectivity index (χ1) is 5.20. The minimum Gasteiger partial charge on any atom is -0.369 e. The van der Waals surface area contributed by atoms with E-state index in [4.69, 9.17) is 16.9 Å². The summed E-state index contributed by atoms with van der Waals surface area (Å²) in [5.74, 6) is 0.143. The second-order valence-electron chi connectivity index (χ2n) is 2.55. The number of hydrogen-bond donors (Lipinski definition) is 3. The SMILES string of the molecule is N=C(N)/N=C(\N)N1CCCC1. The Bertz CT molecular complexity index is 179. The zero-order valence-corrected chi connectivity index (χ0v) is 6.38. The smallest absolute Gasteiger partial charge is 0.215 e. The standard InChI is InChI=1S/C6H13N5/c7-5(8)10-6(9)11-3-1-2-4-11/h1-4H2,(H5,7,8,9,10). The van der Waals surface area contributed by atoms with Crippen LogP contribution in [0.2, 0.25) is 0 Å². The lowest BCUT2D eigenvalue weighted by Crippen LogP contribution is -2.36. The molecule has 1 heterocycles. The fourth-order valence-corrected chi connectivity index (χ4v) is 1.14. The molecule has 0 spiro atoms. The Kier molecular flexibility index (Phi) is 2.30. The van der Waals surface area contributed by atoms with Gasteiger partial charge in [-0.25, -0.2) is 0 Å². The Balaban J connectivity index is 2.51. The Morgan fingerprint density at radius 1 is 1.27 bits per heavy atom. The Morgan fingerprint density at radius 3 is 2.27 bits per heavy atom. The number of guanidine groups is 2. The Hall–Kier alpha value is -1.26. The molecule has 0 aromatic heterocycles. The van der Waals surface area contributed by atoms with E-state index in [-0.39, 0.29) is 5.96 Å². The van der Waals surface area contributed by atoms with Crippen molar-refractivity contribution in [3.8, 4) is 0 Å². The van der Waals surface area contributed by atoms with Crippen molar-refractivity contribution in [2.24, 2.45) is 16.5 Å². The molecule has 1 fully saturated rings. The Morgan fingerprint density at radius 2 is 1.82 bits per heavy atom. The molecule has 0 bridgehead atoms. The third kappa shape index (κ3) is 2.10. The summed E-state index contributed by atoms with van der Waals surface area (Å²) in [7, 11) is 0. The molecular weight excluding hydrogens is 142 g/mol. The number of nitrogens with zero attached hydrogens (tertiary/aromatic N) is 2. The van der Waals surface area contributed by atoms with E-state index in [1.807, 2.05) is 4.90 Å². The summed E-state index contributed by atoms with van der Waals surface area (Å²) < 4.78 is 0. The third-order valence-corrected chi connectivity index (χ3v) is 1.67. The number of likely N-dealkylation sites (tertiary alicyclic amines) is 1. The number of aliphatic imine (C=N–C) groups is 1. The fraction of sp³-hybridized carbons (Fsp3) is 0.667. The molecule has 0 unspecified atom stereocenters. The lowest BCUT2D eigenvalue weighted by molar-refractivity contribution is 0.514. The summed E-state index contributed by atoms with van der Waals surface area (Å²) in [5, 5.41) is 6.87. The van der Waals surface area contributed by atoms with Crippen molar-refractivity contribution in [3.63, 3.8) is 0 Å². The molecule has 0 atom stereocenters. The maximum absolute atomic E-state index is 6.87. The van der Waals surface area contributed by atoms with Gasteiger partial charge < -0.3 is 16.4 Å². The monoisotopic (exact) mass is 155 g/mol. The first kappa shape index (κ1) is 7.84. The van der Waals surface area contributed by atoms with Gasteiger partial charge in [0.1, 0.15) is 0 Å². The first-order valence-corrected chi connectivity index (χ1v) is 3.63. The summed E-state index contributed by atoms with van der Waals surface area (Å²) in [5.41, 5.74) is 10.6. The molecule has 1 saturated heterocycles. The van der Waals surface area contributed by atoms with Crippen LogP contribution in [0.5, 0.6) is 0 Å². The van der Waals surface area contributed by atoms with Gasteiger partial charge in [-0.3, -0.25) is 5.41 Å². The highest BCUT2D eigenvalue weighted by atomic mass is 15.3. The predicted molar refractivity (Wildman–Crippen MR) is 44.3 cm³/mol. The van der Waals surface area contributed by atoms with E-state index in [1.54, 1.807) is 0 Å². The van der Waals surface area contributed by atoms with E-state index in [9.17, 15) is 0 Å². The van der Waals surface area contributed by atoms with Crippen molar-refractivity contribution in [3.05, 3.63) is 0 Å². The molecule has 1 rings (SSSR count). The van der Waals surface area contributed by atoms with Gasteiger partial charge >= 0.3 is 0 Å². The van der Waals surface area contributed by atoms with Crippen LogP contribution < -0.4 is 11.5 Å². The van der Waals surface area contributed by atoms with Crippen LogP contribution in [0.15, 0.2) is 4.99 Å². The zero-order chi connectivity index (χ0) is 8.27. The van der Waals surface area contributed by atoms with Crippen LogP contribution in [-0.4, -0.2) is 29.9 Å². The summed E-state index contributed by atoms with van der Waals surface area (Å²) in [6.45, 7) is 1.87. The lowest BCUT2D eigenvalue weighted by Gasteiger charge is -2.14. The molecule has 1 aliphatic rings. The molecule has 0 aromatic carbocycles. The van der Waals surface area contributed by atoms with Crippen LogP contribution in [0.1, 0.15) is 12.8 Å². The van der Waals surface area contributed by atoms with E-state index in [1.165, 1.54) is 0 Å². The molecular formula is C6H13N5. The van der Waals surface area contributed by atoms with Crippen molar-refractivity contribution in [1.29, 1.82) is 5.41 Å². The highest BCUT2D eigenvalue weighted by Crippen LogP contribution is 2.05. The van der Waals surface area contributed by atoms with E-state index in [2.05, 4.69) is 4.99 Å². The lowest BCUT2D eigenvalue weighted by atomic mass is 10.4. The maximum Gasteiger partial charge on any atom is 0.215 e. The van der Waals surface area contributed by atoms with Crippen molar-refractivity contribution in [1.82, 2.24) is 4.90 Å². The third-order valence-electron chi connectivity index (χ3n) is 1.67. The van der Waals surface area contributed by atoms with Crippen LogP contribution in [0, 0.1) is 5.41 Å². The number of rotatable bonds is 0. The molecule has 1 aliphatic heterocycles. The van der Waals surface area contributed by atoms with E-state index in [0.717, 1.165) is 25.9 Å². The van der Waals surface area contributed by atoms with E-state index < -0.39 is 0 Å². The van der Waals surface area contributed by atoms with E-state index in [0.29, 0.717) is 5.96 Å². The largest absolute Gasteiger partial charge is 0.369 e. The minimum atomic E-state index is -0.227. The van der Waals surface area contributed by atoms with Gasteiger partial charge in [-0.15, -0.1) is 0 Å². The first-order valence-electron chi connectivity index (χ1n) is 3.63. The summed E-state index contributed by atoms with van der Waals surface area (Å²) in [4.78, 5) is 5.57. The molecule has 0 amide bonds. The van der Waals surface area contributed by atoms with Crippen molar-refractivity contribution in [2.45, 2.75) is 12.8 Å². The van der Waals surface area contributed by atoms with Gasteiger partial charge in [-0.2, -0.15) is 4.99 Å². The molecule has 5 nitrogen and oxygen atoms in total. The zero-order valence-electron chi connectivity index (χ0n) is 6.38. The van der Waals surface area contributed by atoms with Crippen molar-refractivity contribution in [2.75, 3.05) is 13.1 Å². The van der Waals surface area contributed by atoms with Crippen LogP contribution in [0.4, 0.5) is 0 Å². The minimum absolute atomic E-state index is 0.227. The van der Waals surface area contributed by atoms with Gasteiger partial charge in [0.05, 0.1) is 0 Å². The Labute approximate surface area is 65.6 Å². The van der Waals surface area contributed by atoms with Crippen LogP contribution in [0.3, 0.4) is 0 Å². The van der Waals surface area contributed by atoms with Crippen LogP contribution in [0.25, 0.3) is 0 Å². The van der Waals surface area contributed by atoms with Gasteiger partial charge in [0.2, 0.25) is 5.96 Å². The maximum atomic E-state index is 6.87. The summed E-state index contributed by atoms with van der Waals surface area (Å²) in [6, 6.07) is 0. The summed E-state index contributed by atoms with van der Waals surface area (Å²) >= 11 is 0. The highest BCUT2D eigenvalue weighted by molar-refractivity contribution is 5.91. The molecule has 11 heavy (non-hydrogen) atoms. The molecule has 0 aromatic rings. The molecule has 0 radical (unpaired) electrons. The fourth-order valence-electron chi connectivity index (χ4n) is 1.14. The van der Waals surface area contributed by atoms with Crippen LogP contribution in [-0.2, 0) is 0 Å². The van der Waals surface area contributed by atoms with E-state index >= 15 is 0 Å². The molecule has 0 aliphatic carbocycles. The predicted octanol–water partition coefficient (Wildman–Crippen LogP) is -0.710. The number of nitrogens with two attached hydrogens (primary N) is 2. The van der Waals surface area contributed by atoms with Gasteiger partial charge in [-0.05, 0) is 12.8 Å². The quantitative estimate of drug-likeness (QED) is 0.319. The topological polar surface area (TPSA) is 91.5 Å². The molecule has 62 valence electrons. The summed E-state index contributed by atoms with van der Waals surface area (Å²) in [6.07, 6.45) is 2.29. The average Bonchev–Trinajstić information content (AvgIpc) is 2.35. The van der Waals surface area contributed by atoms with Gasteiger partial charge in [0.25, 0.3) is 0 Å².